The van der Waals surface area contributed by atoms with Crippen molar-refractivity contribution in [3.63, 3.8) is 0 Å². The molecule has 0 bridgehead atoms. The van der Waals surface area contributed by atoms with Crippen molar-refractivity contribution < 1.29 is 14.7 Å². The van der Waals surface area contributed by atoms with E-state index in [1.54, 1.807) is 6.92 Å². The van der Waals surface area contributed by atoms with Gasteiger partial charge in [-0.05, 0) is 19.8 Å². The molecule has 0 aromatic heterocycles. The first-order valence-electron chi connectivity index (χ1n) is 5.19. The van der Waals surface area contributed by atoms with E-state index in [4.69, 9.17) is 10.8 Å². The second-order valence-electron chi connectivity index (χ2n) is 3.92. The number of hydrogen-bond acceptors (Lipinski definition) is 3. The molecule has 0 saturated heterocycles. The maximum atomic E-state index is 11.5. The zero-order valence-electron chi connectivity index (χ0n) is 9.38. The Labute approximate surface area is 90.0 Å². The average molecular weight is 216 g/mol. The minimum Gasteiger partial charge on any atom is -0.481 e. The van der Waals surface area contributed by atoms with E-state index in [-0.39, 0.29) is 12.3 Å². The highest BCUT2D eigenvalue weighted by Gasteiger charge is 2.26. The van der Waals surface area contributed by atoms with E-state index in [0.29, 0.717) is 19.4 Å². The van der Waals surface area contributed by atoms with Gasteiger partial charge in [-0.3, -0.25) is 9.59 Å². The van der Waals surface area contributed by atoms with Crippen LogP contribution in [-0.4, -0.2) is 29.1 Å². The molecule has 0 aromatic rings. The van der Waals surface area contributed by atoms with E-state index in [9.17, 15) is 9.59 Å². The standard InChI is InChI=1S/C10H20N2O3/c1-3-6-10(2,11)9(15)12-7-4-5-8(13)14/h3-7,11H2,1-2H3,(H,12,15)(H,13,14). The summed E-state index contributed by atoms with van der Waals surface area (Å²) in [5, 5.41) is 11.0. The van der Waals surface area contributed by atoms with Crippen molar-refractivity contribution in [3.05, 3.63) is 0 Å². The van der Waals surface area contributed by atoms with Crippen LogP contribution in [0, 0.1) is 0 Å². The van der Waals surface area contributed by atoms with Gasteiger partial charge in [-0.1, -0.05) is 13.3 Å². The van der Waals surface area contributed by atoms with Gasteiger partial charge >= 0.3 is 5.97 Å². The van der Waals surface area contributed by atoms with Crippen LogP contribution in [0.3, 0.4) is 0 Å². The van der Waals surface area contributed by atoms with Gasteiger partial charge in [-0.2, -0.15) is 0 Å². The van der Waals surface area contributed by atoms with Crippen molar-refractivity contribution in [1.29, 1.82) is 0 Å². The largest absolute Gasteiger partial charge is 0.481 e. The number of aliphatic carboxylic acids is 1. The first-order chi connectivity index (χ1) is 6.90. The fourth-order valence-corrected chi connectivity index (χ4v) is 1.28. The first-order valence-corrected chi connectivity index (χ1v) is 5.19. The highest BCUT2D eigenvalue weighted by molar-refractivity contribution is 5.85. The number of carbonyl (C=O) groups excluding carboxylic acids is 1. The summed E-state index contributed by atoms with van der Waals surface area (Å²) in [7, 11) is 0. The molecular weight excluding hydrogens is 196 g/mol. The van der Waals surface area contributed by atoms with E-state index < -0.39 is 11.5 Å². The third-order valence-corrected chi connectivity index (χ3v) is 2.14. The zero-order valence-corrected chi connectivity index (χ0v) is 9.38. The van der Waals surface area contributed by atoms with Gasteiger partial charge in [0.05, 0.1) is 5.54 Å². The Morgan fingerprint density at radius 3 is 2.53 bits per heavy atom. The van der Waals surface area contributed by atoms with E-state index in [1.807, 2.05) is 6.92 Å². The van der Waals surface area contributed by atoms with Crippen LogP contribution in [0.2, 0.25) is 0 Å². The van der Waals surface area contributed by atoms with E-state index >= 15 is 0 Å². The lowest BCUT2D eigenvalue weighted by Gasteiger charge is -2.22. The molecule has 0 spiro atoms. The lowest BCUT2D eigenvalue weighted by molar-refractivity contribution is -0.137. The molecular formula is C10H20N2O3. The normalized spacial score (nSPS) is 14.3. The summed E-state index contributed by atoms with van der Waals surface area (Å²) in [6, 6.07) is 0. The fourth-order valence-electron chi connectivity index (χ4n) is 1.28. The van der Waals surface area contributed by atoms with Crippen LogP contribution in [-0.2, 0) is 9.59 Å². The monoisotopic (exact) mass is 216 g/mol. The predicted octanol–water partition coefficient (Wildman–Crippen LogP) is 0.485. The first kappa shape index (κ1) is 13.9. The molecule has 0 heterocycles. The zero-order chi connectivity index (χ0) is 11.9. The van der Waals surface area contributed by atoms with Crippen LogP contribution < -0.4 is 11.1 Å². The molecule has 1 atom stereocenters. The van der Waals surface area contributed by atoms with Crippen molar-refractivity contribution in [2.75, 3.05) is 6.54 Å². The van der Waals surface area contributed by atoms with Gasteiger partial charge in [-0.25, -0.2) is 0 Å². The Balaban J connectivity index is 3.78. The maximum absolute atomic E-state index is 11.5. The topological polar surface area (TPSA) is 92.4 Å². The minimum absolute atomic E-state index is 0.0648. The summed E-state index contributed by atoms with van der Waals surface area (Å²) in [5.41, 5.74) is 4.94. The lowest BCUT2D eigenvalue weighted by atomic mass is 9.96. The molecule has 5 nitrogen and oxygen atoms in total. The fraction of sp³-hybridized carbons (Fsp3) is 0.800. The summed E-state index contributed by atoms with van der Waals surface area (Å²) in [5.74, 6) is -1.07. The molecule has 1 amide bonds. The van der Waals surface area contributed by atoms with Crippen molar-refractivity contribution >= 4 is 11.9 Å². The summed E-state index contributed by atoms with van der Waals surface area (Å²) < 4.78 is 0. The van der Waals surface area contributed by atoms with Crippen LogP contribution in [0.1, 0.15) is 39.5 Å². The molecule has 0 fully saturated rings. The van der Waals surface area contributed by atoms with Gasteiger partial charge < -0.3 is 16.2 Å². The quantitative estimate of drug-likeness (QED) is 0.540. The Bertz CT molecular complexity index is 227. The summed E-state index contributed by atoms with van der Waals surface area (Å²) in [6.07, 6.45) is 1.96. The van der Waals surface area contributed by atoms with Gasteiger partial charge in [0.1, 0.15) is 0 Å². The minimum atomic E-state index is -0.853. The molecule has 4 N–H and O–H groups in total. The molecule has 0 aliphatic carbocycles. The summed E-state index contributed by atoms with van der Waals surface area (Å²) in [6.45, 7) is 4.01. The Kier molecular flexibility index (Phi) is 5.93. The summed E-state index contributed by atoms with van der Waals surface area (Å²) in [4.78, 5) is 21.7. The molecule has 88 valence electrons. The van der Waals surface area contributed by atoms with Gasteiger partial charge in [0.25, 0.3) is 0 Å². The van der Waals surface area contributed by atoms with Crippen molar-refractivity contribution in [2.45, 2.75) is 45.1 Å². The number of nitrogens with one attached hydrogen (secondary N) is 1. The number of rotatable bonds is 7. The summed E-state index contributed by atoms with van der Waals surface area (Å²) >= 11 is 0. The van der Waals surface area contributed by atoms with Crippen LogP contribution >= 0.6 is 0 Å². The highest BCUT2D eigenvalue weighted by Crippen LogP contribution is 2.08. The van der Waals surface area contributed by atoms with Crippen LogP contribution in [0.4, 0.5) is 0 Å². The van der Waals surface area contributed by atoms with Crippen molar-refractivity contribution in [2.24, 2.45) is 5.73 Å². The molecule has 0 rings (SSSR count). The van der Waals surface area contributed by atoms with Gasteiger partial charge in [0, 0.05) is 13.0 Å². The van der Waals surface area contributed by atoms with E-state index in [0.717, 1.165) is 6.42 Å². The smallest absolute Gasteiger partial charge is 0.303 e. The van der Waals surface area contributed by atoms with Gasteiger partial charge in [-0.15, -0.1) is 0 Å². The number of carbonyl (C=O) groups is 2. The third kappa shape index (κ3) is 6.06. The molecule has 1 unspecified atom stereocenters. The predicted molar refractivity (Wildman–Crippen MR) is 57.4 cm³/mol. The van der Waals surface area contributed by atoms with Crippen molar-refractivity contribution in [1.82, 2.24) is 5.32 Å². The number of nitrogens with two attached hydrogens (primary N) is 1. The molecule has 15 heavy (non-hydrogen) atoms. The number of carboxylic acid groups (broad SMARTS) is 1. The molecule has 5 heteroatoms. The molecule has 0 saturated carbocycles. The van der Waals surface area contributed by atoms with Crippen LogP contribution in [0.5, 0.6) is 0 Å². The molecule has 0 aliphatic heterocycles. The number of carboxylic acids is 1. The van der Waals surface area contributed by atoms with Gasteiger partial charge in [0.2, 0.25) is 5.91 Å². The molecule has 0 aliphatic rings. The van der Waals surface area contributed by atoms with Crippen molar-refractivity contribution in [3.8, 4) is 0 Å². The maximum Gasteiger partial charge on any atom is 0.303 e. The second-order valence-corrected chi connectivity index (χ2v) is 3.92. The Morgan fingerprint density at radius 1 is 1.47 bits per heavy atom. The highest BCUT2D eigenvalue weighted by atomic mass is 16.4. The Morgan fingerprint density at radius 2 is 2.07 bits per heavy atom. The average Bonchev–Trinajstić information content (AvgIpc) is 2.11. The van der Waals surface area contributed by atoms with Crippen LogP contribution in [0.25, 0.3) is 0 Å². The van der Waals surface area contributed by atoms with E-state index in [2.05, 4.69) is 5.32 Å². The van der Waals surface area contributed by atoms with E-state index in [1.165, 1.54) is 0 Å². The number of amides is 1. The third-order valence-electron chi connectivity index (χ3n) is 2.14. The lowest BCUT2D eigenvalue weighted by Crippen LogP contribution is -2.51. The SMILES string of the molecule is CCCC(C)(N)C(=O)NCCCC(=O)O. The Hall–Kier alpha value is -1.10. The van der Waals surface area contributed by atoms with Gasteiger partial charge in [0.15, 0.2) is 0 Å². The molecule has 0 radical (unpaired) electrons. The number of hydrogen-bond donors (Lipinski definition) is 3. The second kappa shape index (κ2) is 6.40. The van der Waals surface area contributed by atoms with Crippen LogP contribution in [0.15, 0.2) is 0 Å². The molecule has 0 aromatic carbocycles.